The Labute approximate surface area is 261 Å². The van der Waals surface area contributed by atoms with Gasteiger partial charge in [-0.3, -0.25) is 14.4 Å². The molecule has 2 aromatic carbocycles. The molecule has 0 aromatic heterocycles. The van der Waals surface area contributed by atoms with Crippen molar-refractivity contribution in [1.29, 1.82) is 0 Å². The predicted molar refractivity (Wildman–Crippen MR) is 173 cm³/mol. The second-order valence-electron chi connectivity index (χ2n) is 11.4. The van der Waals surface area contributed by atoms with Crippen LogP contribution < -0.4 is 15.5 Å². The summed E-state index contributed by atoms with van der Waals surface area (Å²) >= 11 is 5.48. The Hall–Kier alpha value is -2.56. The number of para-hydroxylation sites is 1. The first-order chi connectivity index (χ1) is 20.3. The number of likely N-dealkylation sites (tertiary alicyclic amines) is 1. The lowest BCUT2D eigenvalue weighted by molar-refractivity contribution is -0.138. The number of carbonyl (C=O) groups excluding carboxylic acids is 3. The molecule has 8 nitrogen and oxygen atoms in total. The molecule has 0 aliphatic carbocycles. The van der Waals surface area contributed by atoms with E-state index in [-0.39, 0.29) is 34.4 Å². The third kappa shape index (κ3) is 5.82. The number of aliphatic hydroxyl groups excluding tert-OH is 1. The van der Waals surface area contributed by atoms with E-state index in [1.54, 1.807) is 16.7 Å². The van der Waals surface area contributed by atoms with Crippen LogP contribution in [0.5, 0.6) is 0 Å². The van der Waals surface area contributed by atoms with Crippen molar-refractivity contribution in [2.75, 3.05) is 41.8 Å². The van der Waals surface area contributed by atoms with Gasteiger partial charge in [-0.05, 0) is 69.5 Å². The van der Waals surface area contributed by atoms with E-state index in [0.717, 1.165) is 44.5 Å². The highest BCUT2D eigenvalue weighted by molar-refractivity contribution is 9.09. The number of benzene rings is 2. The molecule has 3 N–H and O–H groups in total. The van der Waals surface area contributed by atoms with E-state index in [2.05, 4.69) is 45.3 Å². The lowest BCUT2D eigenvalue weighted by Crippen LogP contribution is -2.52. The molecule has 3 aliphatic heterocycles. The molecule has 3 fully saturated rings. The van der Waals surface area contributed by atoms with Gasteiger partial charge in [0.1, 0.15) is 6.04 Å². The molecule has 2 aromatic rings. The minimum atomic E-state index is -0.690. The summed E-state index contributed by atoms with van der Waals surface area (Å²) in [5.74, 6) is -1.57. The second-order valence-corrected chi connectivity index (χ2v) is 14.1. The van der Waals surface area contributed by atoms with Crippen molar-refractivity contribution in [2.45, 2.75) is 66.8 Å². The Kier molecular flexibility index (Phi) is 9.84. The molecular formula is C32H41BrN4O4S. The summed E-state index contributed by atoms with van der Waals surface area (Å²) in [6.45, 7) is 6.62. The van der Waals surface area contributed by atoms with Crippen LogP contribution in [0.2, 0.25) is 0 Å². The van der Waals surface area contributed by atoms with E-state index >= 15 is 0 Å². The van der Waals surface area contributed by atoms with Crippen LogP contribution in [0.15, 0.2) is 54.6 Å². The molecule has 3 saturated heterocycles. The Balaban J connectivity index is 1.42. The molecule has 1 spiro atoms. The average Bonchev–Trinajstić information content (AvgIpc) is 3.58. The maximum absolute atomic E-state index is 14.2. The van der Waals surface area contributed by atoms with Crippen molar-refractivity contribution in [2.24, 2.45) is 11.8 Å². The summed E-state index contributed by atoms with van der Waals surface area (Å²) in [7, 11) is 0. The largest absolute Gasteiger partial charge is 0.396 e. The van der Waals surface area contributed by atoms with Crippen LogP contribution in [0.4, 0.5) is 17.1 Å². The van der Waals surface area contributed by atoms with Crippen LogP contribution in [0.3, 0.4) is 0 Å². The number of alkyl halides is 1. The topological polar surface area (TPSA) is 102 Å². The zero-order valence-electron chi connectivity index (χ0n) is 24.3. The first kappa shape index (κ1) is 30.9. The summed E-state index contributed by atoms with van der Waals surface area (Å²) in [5.41, 5.74) is 2.48. The number of fused-ring (bicyclic) bond motifs is 1. The molecular weight excluding hydrogens is 616 g/mol. The summed E-state index contributed by atoms with van der Waals surface area (Å²) < 4.78 is -0.690. The minimum absolute atomic E-state index is 0.0197. The number of nitrogens with one attached hydrogen (secondary N) is 2. The van der Waals surface area contributed by atoms with E-state index in [9.17, 15) is 19.5 Å². The maximum Gasteiger partial charge on any atom is 0.248 e. The minimum Gasteiger partial charge on any atom is -0.396 e. The van der Waals surface area contributed by atoms with Crippen LogP contribution >= 0.6 is 27.7 Å². The molecule has 0 radical (unpaired) electrons. The van der Waals surface area contributed by atoms with Gasteiger partial charge in [-0.2, -0.15) is 0 Å². The van der Waals surface area contributed by atoms with Crippen molar-refractivity contribution in [1.82, 2.24) is 4.90 Å². The molecule has 3 aliphatic rings. The first-order valence-corrected chi connectivity index (χ1v) is 16.9. The number of unbranched alkanes of at least 4 members (excludes halogenated alkanes) is 3. The van der Waals surface area contributed by atoms with E-state index in [1.165, 1.54) is 0 Å². The average molecular weight is 658 g/mol. The summed E-state index contributed by atoms with van der Waals surface area (Å²) in [6.07, 6.45) is 3.83. The van der Waals surface area contributed by atoms with Crippen LogP contribution in [0.1, 0.15) is 46.0 Å². The number of hydrogen-bond donors (Lipinski definition) is 3. The van der Waals surface area contributed by atoms with E-state index in [4.69, 9.17) is 0 Å². The normalized spacial score (nSPS) is 27.7. The fourth-order valence-electron chi connectivity index (χ4n) is 7.02. The molecule has 3 amide bonds. The van der Waals surface area contributed by atoms with Gasteiger partial charge in [0.2, 0.25) is 17.7 Å². The fourth-order valence-corrected chi connectivity index (χ4v) is 10.6. The summed E-state index contributed by atoms with van der Waals surface area (Å²) in [5, 5.41) is 15.2. The van der Waals surface area contributed by atoms with Gasteiger partial charge in [0.05, 0.1) is 16.6 Å². The number of rotatable bonds is 13. The Morgan fingerprint density at radius 2 is 1.62 bits per heavy atom. The highest BCUT2D eigenvalue weighted by atomic mass is 79.9. The number of halogens is 1. The van der Waals surface area contributed by atoms with Gasteiger partial charge in [-0.25, -0.2) is 0 Å². The third-order valence-corrected chi connectivity index (χ3v) is 12.2. The van der Waals surface area contributed by atoms with Crippen LogP contribution in [-0.2, 0) is 14.4 Å². The van der Waals surface area contributed by atoms with Gasteiger partial charge in [0, 0.05) is 53.4 Å². The van der Waals surface area contributed by atoms with E-state index in [0.29, 0.717) is 24.3 Å². The van der Waals surface area contributed by atoms with E-state index < -0.39 is 22.6 Å². The Morgan fingerprint density at radius 1 is 0.976 bits per heavy atom. The second kappa shape index (κ2) is 13.4. The van der Waals surface area contributed by atoms with Crippen molar-refractivity contribution in [3.05, 3.63) is 54.6 Å². The molecule has 42 heavy (non-hydrogen) atoms. The zero-order chi connectivity index (χ0) is 29.9. The summed E-state index contributed by atoms with van der Waals surface area (Å²) in [4.78, 5) is 46.1. The lowest BCUT2D eigenvalue weighted by Gasteiger charge is -2.35. The van der Waals surface area contributed by atoms with Gasteiger partial charge < -0.3 is 25.5 Å². The number of hydrogen-bond acceptors (Lipinski definition) is 6. The maximum atomic E-state index is 14.2. The first-order valence-electron chi connectivity index (χ1n) is 15.1. The van der Waals surface area contributed by atoms with Gasteiger partial charge >= 0.3 is 0 Å². The number of amides is 3. The number of thioether (sulfide) groups is 1. The standard InChI is InChI=1S/C32H41BrN4O4S/c1-3-36(4-2)23-16-14-22(15-17-23)35-30(40)28-32-20-24(33)27(42-32)25(29(39)34-21-12-8-7-9-13-21)26(32)31(41)37(28)18-10-5-6-11-19-38/h7-9,12-17,24-28,38H,3-6,10-11,18-20H2,1-2H3,(H,34,39)(H,35,40)/t24?,25-,26+,27-,28?,32?/m1/s1. The Morgan fingerprint density at radius 3 is 2.29 bits per heavy atom. The SMILES string of the molecule is CCN(CC)c1ccc(NC(=O)C2N(CCCCCCO)C(=O)[C@@H]3[C@@H](C(=O)Nc4ccccc4)[C@@H]4SC23CC4Br)cc1. The van der Waals surface area contributed by atoms with Gasteiger partial charge in [-0.1, -0.05) is 47.0 Å². The molecule has 6 atom stereocenters. The Bertz CT molecular complexity index is 1260. The molecule has 3 unspecified atom stereocenters. The fraction of sp³-hybridized carbons (Fsp3) is 0.531. The van der Waals surface area contributed by atoms with Gasteiger partial charge in [0.15, 0.2) is 0 Å². The summed E-state index contributed by atoms with van der Waals surface area (Å²) in [6, 6.07) is 16.5. The monoisotopic (exact) mass is 656 g/mol. The molecule has 2 bridgehead atoms. The predicted octanol–water partition coefficient (Wildman–Crippen LogP) is 5.13. The highest BCUT2D eigenvalue weighted by Gasteiger charge is 2.75. The molecule has 226 valence electrons. The third-order valence-electron chi connectivity index (χ3n) is 8.95. The van der Waals surface area contributed by atoms with Gasteiger partial charge in [-0.15, -0.1) is 11.8 Å². The number of nitrogens with zero attached hydrogens (tertiary/aromatic N) is 2. The lowest BCUT2D eigenvalue weighted by atomic mass is 9.70. The van der Waals surface area contributed by atoms with Crippen LogP contribution in [0, 0.1) is 11.8 Å². The quantitative estimate of drug-likeness (QED) is 0.204. The molecule has 0 saturated carbocycles. The van der Waals surface area contributed by atoms with Crippen molar-refractivity contribution < 1.29 is 19.5 Å². The van der Waals surface area contributed by atoms with Gasteiger partial charge in [0.25, 0.3) is 0 Å². The number of anilines is 3. The van der Waals surface area contributed by atoms with Crippen molar-refractivity contribution in [3.8, 4) is 0 Å². The van der Waals surface area contributed by atoms with E-state index in [1.807, 2.05) is 54.6 Å². The highest BCUT2D eigenvalue weighted by Crippen LogP contribution is 2.67. The molecule has 3 heterocycles. The van der Waals surface area contributed by atoms with Crippen LogP contribution in [0.25, 0.3) is 0 Å². The smallest absolute Gasteiger partial charge is 0.248 e. The van der Waals surface area contributed by atoms with Crippen molar-refractivity contribution in [3.63, 3.8) is 0 Å². The molecule has 10 heteroatoms. The van der Waals surface area contributed by atoms with Crippen molar-refractivity contribution >= 4 is 62.5 Å². The number of aliphatic hydroxyl groups is 1. The van der Waals surface area contributed by atoms with Crippen LogP contribution in [-0.4, -0.2) is 74.8 Å². The number of carbonyl (C=O) groups is 3. The molecule has 5 rings (SSSR count). The zero-order valence-corrected chi connectivity index (χ0v) is 26.7.